The Morgan fingerprint density at radius 3 is 2.58 bits per heavy atom. The number of carboxylic acids is 1. The van der Waals surface area contributed by atoms with Crippen molar-refractivity contribution in [2.45, 2.75) is 65.5 Å². The van der Waals surface area contributed by atoms with E-state index in [1.165, 1.54) is 0 Å². The normalized spacial score (nSPS) is 26.5. The van der Waals surface area contributed by atoms with Crippen molar-refractivity contribution in [3.8, 4) is 0 Å². The van der Waals surface area contributed by atoms with E-state index in [1.54, 1.807) is 11.8 Å². The summed E-state index contributed by atoms with van der Waals surface area (Å²) in [4.78, 5) is 25.4. The average molecular weight is 270 g/mol. The largest absolute Gasteiger partial charge is 0.481 e. The molecule has 1 aliphatic rings. The molecule has 0 aliphatic heterocycles. The van der Waals surface area contributed by atoms with Gasteiger partial charge in [0.2, 0.25) is 0 Å². The molecule has 2 amide bonds. The summed E-state index contributed by atoms with van der Waals surface area (Å²) in [7, 11) is 0. The van der Waals surface area contributed by atoms with Crippen molar-refractivity contribution in [1.29, 1.82) is 0 Å². The molecule has 0 spiro atoms. The van der Waals surface area contributed by atoms with Crippen LogP contribution >= 0.6 is 0 Å². The van der Waals surface area contributed by atoms with E-state index in [1.807, 2.05) is 20.8 Å². The highest BCUT2D eigenvalue weighted by Crippen LogP contribution is 2.38. The van der Waals surface area contributed by atoms with Crippen LogP contribution in [0.5, 0.6) is 0 Å². The third-order valence-electron chi connectivity index (χ3n) is 4.09. The molecule has 0 saturated heterocycles. The number of hydrogen-bond acceptors (Lipinski definition) is 2. The number of aliphatic carboxylic acids is 1. The van der Waals surface area contributed by atoms with Crippen LogP contribution < -0.4 is 5.32 Å². The van der Waals surface area contributed by atoms with Gasteiger partial charge in [0.1, 0.15) is 0 Å². The zero-order chi connectivity index (χ0) is 14.6. The SMILES string of the molecule is CCCN(C(=O)NC1CCCC1(C)C(=O)O)C(C)C. The fourth-order valence-corrected chi connectivity index (χ4v) is 2.72. The summed E-state index contributed by atoms with van der Waals surface area (Å²) < 4.78 is 0. The van der Waals surface area contributed by atoms with E-state index >= 15 is 0 Å². The van der Waals surface area contributed by atoms with Crippen LogP contribution in [-0.2, 0) is 4.79 Å². The third kappa shape index (κ3) is 3.39. The van der Waals surface area contributed by atoms with Gasteiger partial charge < -0.3 is 15.3 Å². The Morgan fingerprint density at radius 2 is 2.11 bits per heavy atom. The fraction of sp³-hybridized carbons (Fsp3) is 0.857. The van der Waals surface area contributed by atoms with Crippen LogP contribution in [0.2, 0.25) is 0 Å². The van der Waals surface area contributed by atoms with Crippen molar-refractivity contribution < 1.29 is 14.7 Å². The van der Waals surface area contributed by atoms with Crippen molar-refractivity contribution in [2.75, 3.05) is 6.54 Å². The van der Waals surface area contributed by atoms with E-state index in [0.717, 1.165) is 19.3 Å². The standard InChI is InChI=1S/C14H26N2O3/c1-5-9-16(10(2)3)13(19)15-11-7-6-8-14(11,4)12(17)18/h10-11H,5-9H2,1-4H3,(H,15,19)(H,17,18). The number of amides is 2. The maximum Gasteiger partial charge on any atom is 0.317 e. The Bertz CT molecular complexity index is 344. The second-order valence-electron chi connectivity index (χ2n) is 5.90. The van der Waals surface area contributed by atoms with Crippen molar-refractivity contribution in [2.24, 2.45) is 5.41 Å². The van der Waals surface area contributed by atoms with E-state index in [4.69, 9.17) is 0 Å². The summed E-state index contributed by atoms with van der Waals surface area (Å²) in [6.07, 6.45) is 3.12. The molecule has 110 valence electrons. The molecule has 2 unspecified atom stereocenters. The second-order valence-corrected chi connectivity index (χ2v) is 5.90. The molecule has 0 aromatic heterocycles. The topological polar surface area (TPSA) is 69.6 Å². The van der Waals surface area contributed by atoms with Gasteiger partial charge in [-0.2, -0.15) is 0 Å². The first kappa shape index (κ1) is 15.8. The first-order valence-electron chi connectivity index (χ1n) is 7.13. The van der Waals surface area contributed by atoms with Gasteiger partial charge in [-0.15, -0.1) is 0 Å². The predicted molar refractivity (Wildman–Crippen MR) is 74.0 cm³/mol. The highest BCUT2D eigenvalue weighted by molar-refractivity contribution is 5.79. The molecule has 1 saturated carbocycles. The molecule has 0 bridgehead atoms. The summed E-state index contributed by atoms with van der Waals surface area (Å²) in [6, 6.07) is -0.288. The van der Waals surface area contributed by atoms with Crippen molar-refractivity contribution in [1.82, 2.24) is 10.2 Å². The Labute approximate surface area is 115 Å². The Morgan fingerprint density at radius 1 is 1.47 bits per heavy atom. The number of carboxylic acid groups (broad SMARTS) is 1. The van der Waals surface area contributed by atoms with Crippen LogP contribution in [0.15, 0.2) is 0 Å². The van der Waals surface area contributed by atoms with Crippen LogP contribution in [0.3, 0.4) is 0 Å². The quantitative estimate of drug-likeness (QED) is 0.806. The summed E-state index contributed by atoms with van der Waals surface area (Å²) in [5.41, 5.74) is -0.829. The minimum absolute atomic E-state index is 0.123. The monoisotopic (exact) mass is 270 g/mol. The number of hydrogen-bond donors (Lipinski definition) is 2. The van der Waals surface area contributed by atoms with Gasteiger partial charge in [0.25, 0.3) is 0 Å². The molecule has 0 aromatic carbocycles. The second kappa shape index (κ2) is 6.26. The molecule has 2 atom stereocenters. The zero-order valence-corrected chi connectivity index (χ0v) is 12.4. The molecular formula is C14H26N2O3. The number of nitrogens with zero attached hydrogens (tertiary/aromatic N) is 1. The van der Waals surface area contributed by atoms with Gasteiger partial charge in [0.15, 0.2) is 0 Å². The van der Waals surface area contributed by atoms with Gasteiger partial charge in [-0.25, -0.2) is 4.79 Å². The van der Waals surface area contributed by atoms with Gasteiger partial charge in [-0.3, -0.25) is 4.79 Å². The lowest BCUT2D eigenvalue weighted by Gasteiger charge is -2.32. The molecule has 1 fully saturated rings. The lowest BCUT2D eigenvalue weighted by Crippen LogP contribution is -2.53. The number of carbonyl (C=O) groups excluding carboxylic acids is 1. The molecule has 0 aromatic rings. The van der Waals surface area contributed by atoms with Crippen molar-refractivity contribution in [3.63, 3.8) is 0 Å². The van der Waals surface area contributed by atoms with E-state index in [-0.39, 0.29) is 18.1 Å². The maximum atomic E-state index is 12.3. The van der Waals surface area contributed by atoms with Gasteiger partial charge >= 0.3 is 12.0 Å². The van der Waals surface area contributed by atoms with E-state index in [9.17, 15) is 14.7 Å². The molecule has 2 N–H and O–H groups in total. The zero-order valence-electron chi connectivity index (χ0n) is 12.4. The number of urea groups is 1. The summed E-state index contributed by atoms with van der Waals surface area (Å²) in [6.45, 7) is 8.40. The van der Waals surface area contributed by atoms with Crippen LogP contribution in [0.4, 0.5) is 4.79 Å². The highest BCUT2D eigenvalue weighted by atomic mass is 16.4. The lowest BCUT2D eigenvalue weighted by molar-refractivity contribution is -0.148. The molecule has 0 radical (unpaired) electrons. The van der Waals surface area contributed by atoms with Crippen molar-refractivity contribution >= 4 is 12.0 Å². The maximum absolute atomic E-state index is 12.3. The molecular weight excluding hydrogens is 244 g/mol. The minimum Gasteiger partial charge on any atom is -0.481 e. The van der Waals surface area contributed by atoms with Crippen LogP contribution in [0, 0.1) is 5.41 Å². The molecule has 5 heteroatoms. The minimum atomic E-state index is -0.829. The summed E-state index contributed by atoms with van der Waals surface area (Å²) in [5.74, 6) is -0.818. The van der Waals surface area contributed by atoms with Gasteiger partial charge in [0, 0.05) is 18.6 Å². The predicted octanol–water partition coefficient (Wildman–Crippen LogP) is 2.46. The third-order valence-corrected chi connectivity index (χ3v) is 4.09. The Hall–Kier alpha value is -1.26. The molecule has 1 aliphatic carbocycles. The molecule has 5 nitrogen and oxygen atoms in total. The van der Waals surface area contributed by atoms with Crippen LogP contribution in [0.25, 0.3) is 0 Å². The van der Waals surface area contributed by atoms with E-state index in [0.29, 0.717) is 13.0 Å². The van der Waals surface area contributed by atoms with Gasteiger partial charge in [-0.05, 0) is 40.0 Å². The number of carbonyl (C=O) groups is 2. The molecule has 19 heavy (non-hydrogen) atoms. The van der Waals surface area contributed by atoms with Crippen LogP contribution in [-0.4, -0.2) is 40.6 Å². The Kier molecular flexibility index (Phi) is 5.20. The fourth-order valence-electron chi connectivity index (χ4n) is 2.72. The van der Waals surface area contributed by atoms with Gasteiger partial charge in [-0.1, -0.05) is 13.3 Å². The lowest BCUT2D eigenvalue weighted by atomic mass is 9.85. The molecule has 0 heterocycles. The summed E-state index contributed by atoms with van der Waals surface area (Å²) >= 11 is 0. The highest BCUT2D eigenvalue weighted by Gasteiger charge is 2.46. The number of nitrogens with one attached hydrogen (secondary N) is 1. The first-order chi connectivity index (χ1) is 8.82. The van der Waals surface area contributed by atoms with Gasteiger partial charge in [0.05, 0.1) is 5.41 Å². The summed E-state index contributed by atoms with van der Waals surface area (Å²) in [5, 5.41) is 12.3. The molecule has 1 rings (SSSR count). The van der Waals surface area contributed by atoms with Crippen LogP contribution in [0.1, 0.15) is 53.4 Å². The smallest absolute Gasteiger partial charge is 0.317 e. The van der Waals surface area contributed by atoms with E-state index < -0.39 is 11.4 Å². The van der Waals surface area contributed by atoms with Crippen molar-refractivity contribution in [3.05, 3.63) is 0 Å². The first-order valence-corrected chi connectivity index (χ1v) is 7.13. The average Bonchev–Trinajstić information content (AvgIpc) is 2.68. The number of rotatable bonds is 5. The van der Waals surface area contributed by atoms with E-state index in [2.05, 4.69) is 5.32 Å². The Balaban J connectivity index is 2.72.